The summed E-state index contributed by atoms with van der Waals surface area (Å²) in [6.45, 7) is 3.33. The summed E-state index contributed by atoms with van der Waals surface area (Å²) in [5, 5.41) is 9.21. The van der Waals surface area contributed by atoms with Gasteiger partial charge in [0.15, 0.2) is 9.84 Å². The lowest BCUT2D eigenvalue weighted by molar-refractivity contribution is 0.148. The third-order valence-electron chi connectivity index (χ3n) is 2.90. The second-order valence-corrected chi connectivity index (χ2v) is 6.50. The molecule has 1 N–H and O–H groups in total. The molecule has 5 heteroatoms. The molecule has 0 aliphatic heterocycles. The molecule has 4 nitrogen and oxygen atoms in total. The fourth-order valence-electron chi connectivity index (χ4n) is 1.52. The fourth-order valence-corrected chi connectivity index (χ4v) is 2.27. The van der Waals surface area contributed by atoms with Crippen molar-refractivity contribution < 1.29 is 13.5 Å². The van der Waals surface area contributed by atoms with Crippen LogP contribution in [0.15, 0.2) is 24.5 Å². The molecule has 0 aliphatic rings. The van der Waals surface area contributed by atoms with Crippen molar-refractivity contribution in [3.8, 4) is 0 Å². The average molecular weight is 243 g/mol. The summed E-state index contributed by atoms with van der Waals surface area (Å²) in [4.78, 5) is 3.88. The molecule has 16 heavy (non-hydrogen) atoms. The van der Waals surface area contributed by atoms with Crippen molar-refractivity contribution in [1.29, 1.82) is 0 Å². The Hall–Kier alpha value is -0.940. The summed E-state index contributed by atoms with van der Waals surface area (Å²) < 4.78 is 22.7. The Labute approximate surface area is 96.3 Å². The smallest absolute Gasteiger partial charge is 0.152 e. The SMILES string of the molecule is CC(c1ccncc1)C(O)C(C)S(C)(=O)=O. The largest absolute Gasteiger partial charge is 0.391 e. The highest BCUT2D eigenvalue weighted by Crippen LogP contribution is 2.23. The molecule has 3 unspecified atom stereocenters. The lowest BCUT2D eigenvalue weighted by atomic mass is 9.95. The van der Waals surface area contributed by atoms with Gasteiger partial charge in [-0.3, -0.25) is 4.98 Å². The van der Waals surface area contributed by atoms with Crippen LogP contribution in [0.4, 0.5) is 0 Å². The topological polar surface area (TPSA) is 67.3 Å². The van der Waals surface area contributed by atoms with Crippen molar-refractivity contribution in [2.75, 3.05) is 6.26 Å². The van der Waals surface area contributed by atoms with Gasteiger partial charge in [0.25, 0.3) is 0 Å². The van der Waals surface area contributed by atoms with Crippen molar-refractivity contribution in [3.05, 3.63) is 30.1 Å². The van der Waals surface area contributed by atoms with E-state index >= 15 is 0 Å². The van der Waals surface area contributed by atoms with Gasteiger partial charge in [0.05, 0.1) is 11.4 Å². The molecule has 0 amide bonds. The van der Waals surface area contributed by atoms with Gasteiger partial charge in [-0.25, -0.2) is 8.42 Å². The quantitative estimate of drug-likeness (QED) is 0.856. The summed E-state index contributed by atoms with van der Waals surface area (Å²) in [5.41, 5.74) is 0.887. The van der Waals surface area contributed by atoms with Crippen LogP contribution >= 0.6 is 0 Å². The Kier molecular flexibility index (Phi) is 4.04. The molecule has 0 bridgehead atoms. The molecule has 1 rings (SSSR count). The van der Waals surface area contributed by atoms with Crippen LogP contribution in [0.25, 0.3) is 0 Å². The molecule has 0 aromatic carbocycles. The number of nitrogens with zero attached hydrogens (tertiary/aromatic N) is 1. The van der Waals surface area contributed by atoms with Crippen LogP contribution in [-0.4, -0.2) is 36.1 Å². The first kappa shape index (κ1) is 13.1. The lowest BCUT2D eigenvalue weighted by Crippen LogP contribution is -2.34. The van der Waals surface area contributed by atoms with Crippen LogP contribution in [0.1, 0.15) is 25.3 Å². The van der Waals surface area contributed by atoms with Gasteiger partial charge in [0.1, 0.15) is 0 Å². The van der Waals surface area contributed by atoms with E-state index in [2.05, 4.69) is 4.98 Å². The first-order valence-corrected chi connectivity index (χ1v) is 7.06. The molecule has 3 atom stereocenters. The van der Waals surface area contributed by atoms with E-state index in [1.807, 2.05) is 6.92 Å². The predicted octanol–water partition coefficient (Wildman–Crippen LogP) is 0.979. The summed E-state index contributed by atoms with van der Waals surface area (Å²) in [6.07, 6.45) is 3.49. The van der Waals surface area contributed by atoms with Crippen molar-refractivity contribution in [2.45, 2.75) is 31.1 Å². The highest BCUT2D eigenvalue weighted by molar-refractivity contribution is 7.91. The van der Waals surface area contributed by atoms with E-state index in [9.17, 15) is 13.5 Å². The van der Waals surface area contributed by atoms with E-state index in [1.165, 1.54) is 6.92 Å². The van der Waals surface area contributed by atoms with Gasteiger partial charge >= 0.3 is 0 Å². The second-order valence-electron chi connectivity index (χ2n) is 4.09. The van der Waals surface area contributed by atoms with Crippen LogP contribution in [0.5, 0.6) is 0 Å². The lowest BCUT2D eigenvalue weighted by Gasteiger charge is -2.23. The normalized spacial score (nSPS) is 17.8. The summed E-state index contributed by atoms with van der Waals surface area (Å²) >= 11 is 0. The minimum absolute atomic E-state index is 0.229. The maximum Gasteiger partial charge on any atom is 0.152 e. The monoisotopic (exact) mass is 243 g/mol. The number of aliphatic hydroxyl groups excluding tert-OH is 1. The van der Waals surface area contributed by atoms with E-state index in [0.717, 1.165) is 11.8 Å². The zero-order valence-corrected chi connectivity index (χ0v) is 10.5. The van der Waals surface area contributed by atoms with Gasteiger partial charge in [0.2, 0.25) is 0 Å². The zero-order valence-electron chi connectivity index (χ0n) is 9.66. The second kappa shape index (κ2) is 4.93. The maximum absolute atomic E-state index is 11.3. The Morgan fingerprint density at radius 3 is 2.19 bits per heavy atom. The van der Waals surface area contributed by atoms with Crippen LogP contribution in [0, 0.1) is 0 Å². The molecule has 90 valence electrons. The van der Waals surface area contributed by atoms with Crippen LogP contribution < -0.4 is 0 Å². The molecular weight excluding hydrogens is 226 g/mol. The Morgan fingerprint density at radius 2 is 1.75 bits per heavy atom. The van der Waals surface area contributed by atoms with Gasteiger partial charge in [-0.05, 0) is 24.6 Å². The predicted molar refractivity (Wildman–Crippen MR) is 63.0 cm³/mol. The number of aliphatic hydroxyl groups is 1. The number of pyridine rings is 1. The third kappa shape index (κ3) is 3.02. The van der Waals surface area contributed by atoms with Gasteiger partial charge in [0, 0.05) is 24.6 Å². The van der Waals surface area contributed by atoms with Gasteiger partial charge in [-0.2, -0.15) is 0 Å². The summed E-state index contributed by atoms with van der Waals surface area (Å²) in [6, 6.07) is 3.56. The molecule has 0 saturated heterocycles. The highest BCUT2D eigenvalue weighted by Gasteiger charge is 2.29. The Bertz CT molecular complexity index is 430. The van der Waals surface area contributed by atoms with Crippen LogP contribution in [0.2, 0.25) is 0 Å². The Morgan fingerprint density at radius 1 is 1.25 bits per heavy atom. The van der Waals surface area contributed by atoms with Crippen molar-refractivity contribution in [1.82, 2.24) is 4.98 Å². The van der Waals surface area contributed by atoms with Crippen LogP contribution in [-0.2, 0) is 9.84 Å². The Balaban J connectivity index is 2.87. The van der Waals surface area contributed by atoms with Gasteiger partial charge < -0.3 is 5.11 Å². The summed E-state index contributed by atoms with van der Waals surface area (Å²) in [7, 11) is -3.22. The average Bonchev–Trinajstić information content (AvgIpc) is 2.26. The first-order chi connectivity index (χ1) is 7.34. The number of sulfone groups is 1. The first-order valence-electron chi connectivity index (χ1n) is 5.11. The van der Waals surface area contributed by atoms with E-state index in [0.29, 0.717) is 0 Å². The number of hydrogen-bond acceptors (Lipinski definition) is 4. The molecule has 1 aromatic rings. The molecule has 1 aromatic heterocycles. The molecule has 0 saturated carbocycles. The van der Waals surface area contributed by atoms with E-state index in [4.69, 9.17) is 0 Å². The van der Waals surface area contributed by atoms with Crippen LogP contribution in [0.3, 0.4) is 0 Å². The van der Waals surface area contributed by atoms with Crippen molar-refractivity contribution in [2.24, 2.45) is 0 Å². The van der Waals surface area contributed by atoms with Crippen molar-refractivity contribution in [3.63, 3.8) is 0 Å². The third-order valence-corrected chi connectivity index (χ3v) is 4.53. The molecule has 1 heterocycles. The fraction of sp³-hybridized carbons (Fsp3) is 0.545. The maximum atomic E-state index is 11.3. The highest BCUT2D eigenvalue weighted by atomic mass is 32.2. The zero-order chi connectivity index (χ0) is 12.3. The number of hydrogen-bond donors (Lipinski definition) is 1. The van der Waals surface area contributed by atoms with E-state index < -0.39 is 21.2 Å². The minimum atomic E-state index is -3.22. The van der Waals surface area contributed by atoms with E-state index in [-0.39, 0.29) is 5.92 Å². The minimum Gasteiger partial charge on any atom is -0.391 e. The molecule has 0 aliphatic carbocycles. The molecule has 0 radical (unpaired) electrons. The molecule has 0 fully saturated rings. The van der Waals surface area contributed by atoms with Gasteiger partial charge in [-0.1, -0.05) is 6.92 Å². The number of rotatable bonds is 4. The van der Waals surface area contributed by atoms with E-state index in [1.54, 1.807) is 24.5 Å². The number of aromatic nitrogens is 1. The van der Waals surface area contributed by atoms with Crippen molar-refractivity contribution >= 4 is 9.84 Å². The van der Waals surface area contributed by atoms with Gasteiger partial charge in [-0.15, -0.1) is 0 Å². The molecule has 0 spiro atoms. The standard InChI is InChI=1S/C11H17NO3S/c1-8(10-4-6-12-7-5-10)11(13)9(2)16(3,14)15/h4-9,11,13H,1-3H3. The summed E-state index contributed by atoms with van der Waals surface area (Å²) in [5.74, 6) is -0.229. The molecular formula is C11H17NO3S.